The van der Waals surface area contributed by atoms with Crippen LogP contribution in [0.3, 0.4) is 0 Å². The van der Waals surface area contributed by atoms with E-state index in [-0.39, 0.29) is 17.9 Å². The monoisotopic (exact) mass is 388 g/mol. The van der Waals surface area contributed by atoms with Crippen molar-refractivity contribution in [3.63, 3.8) is 0 Å². The fourth-order valence-electron chi connectivity index (χ4n) is 3.22. The topological polar surface area (TPSA) is 96.4 Å². The number of hydrogen-bond donors (Lipinski definition) is 2. The van der Waals surface area contributed by atoms with Gasteiger partial charge in [-0.3, -0.25) is 4.79 Å². The van der Waals surface area contributed by atoms with Crippen LogP contribution in [0.25, 0.3) is 0 Å². The molecule has 0 aliphatic rings. The Hall–Kier alpha value is -1.14. The number of likely N-dealkylation sites (N-methyl/N-ethyl adjacent to an activating group) is 1. The maximum atomic E-state index is 11.8. The van der Waals surface area contributed by atoms with Crippen LogP contribution >= 0.6 is 0 Å². The first kappa shape index (κ1) is 28.1. The van der Waals surface area contributed by atoms with E-state index < -0.39 is 5.97 Å². The number of nitrogens with zero attached hydrogens (tertiary/aromatic N) is 1. The Morgan fingerprint density at radius 2 is 1.30 bits per heavy atom. The van der Waals surface area contributed by atoms with Crippen molar-refractivity contribution in [1.82, 2.24) is 5.32 Å². The van der Waals surface area contributed by atoms with Crippen LogP contribution in [0.1, 0.15) is 90.4 Å². The van der Waals surface area contributed by atoms with Gasteiger partial charge < -0.3 is 20.4 Å². The summed E-state index contributed by atoms with van der Waals surface area (Å²) in [5.41, 5.74) is 0. The summed E-state index contributed by atoms with van der Waals surface area (Å²) in [4.78, 5) is 22.5. The fraction of sp³-hybridized carbons (Fsp3) is 0.905. The number of unbranched alkanes of at least 4 members (excludes halogenated alkanes) is 10. The lowest BCUT2D eigenvalue weighted by atomic mass is 10.1. The molecule has 0 heterocycles. The van der Waals surface area contributed by atoms with Crippen molar-refractivity contribution >= 4 is 11.9 Å². The molecule has 0 aliphatic heterocycles. The summed E-state index contributed by atoms with van der Waals surface area (Å²) in [6.07, 6.45) is 15.6. The second kappa shape index (κ2) is 18.2. The number of carboxylic acids is 1. The molecule has 0 aromatic carbocycles. The number of amides is 1. The van der Waals surface area contributed by atoms with E-state index in [1.165, 1.54) is 57.8 Å². The van der Waals surface area contributed by atoms with Gasteiger partial charge in [-0.05, 0) is 6.42 Å². The smallest absolute Gasteiger partial charge is 0.359 e. The number of hydrogen-bond acceptors (Lipinski definition) is 3. The molecule has 0 spiro atoms. The molecule has 3 N–H and O–H groups in total. The van der Waals surface area contributed by atoms with Crippen LogP contribution in [0.5, 0.6) is 0 Å². The number of quaternary nitrogens is 1. The van der Waals surface area contributed by atoms with Crippen LogP contribution in [0.4, 0.5) is 0 Å². The normalized spacial score (nSPS) is 11.1. The molecule has 6 nitrogen and oxygen atoms in total. The predicted octanol–water partition coefficient (Wildman–Crippen LogP) is 4.18. The minimum atomic E-state index is -0.782. The molecule has 0 aliphatic carbocycles. The molecule has 0 saturated heterocycles. The molecule has 0 fully saturated rings. The van der Waals surface area contributed by atoms with E-state index in [1.807, 2.05) is 14.1 Å². The number of aliphatic carboxylic acids is 1. The van der Waals surface area contributed by atoms with E-state index in [2.05, 4.69) is 12.2 Å². The zero-order chi connectivity index (χ0) is 19.7. The van der Waals surface area contributed by atoms with E-state index in [4.69, 9.17) is 5.11 Å². The fourth-order valence-corrected chi connectivity index (χ4v) is 3.22. The third-order valence-electron chi connectivity index (χ3n) is 4.83. The number of carboxylic acid groups (broad SMARTS) is 1. The highest BCUT2D eigenvalue weighted by Gasteiger charge is 2.18. The van der Waals surface area contributed by atoms with Crippen molar-refractivity contribution in [1.29, 1.82) is 0 Å². The first-order chi connectivity index (χ1) is 12.4. The zero-order valence-corrected chi connectivity index (χ0v) is 18.0. The first-order valence-electron chi connectivity index (χ1n) is 10.7. The largest absolute Gasteiger partial charge is 0.870 e. The van der Waals surface area contributed by atoms with Crippen LogP contribution in [0.15, 0.2) is 0 Å². The number of nitrogens with one attached hydrogen (secondary N) is 1. The minimum absolute atomic E-state index is 0. The molecule has 0 rings (SSSR count). The first-order valence-corrected chi connectivity index (χ1v) is 10.7. The van der Waals surface area contributed by atoms with Crippen molar-refractivity contribution in [3.05, 3.63) is 0 Å². The maximum absolute atomic E-state index is 11.8. The van der Waals surface area contributed by atoms with Gasteiger partial charge in [-0.1, -0.05) is 71.1 Å². The van der Waals surface area contributed by atoms with Gasteiger partial charge in [0, 0.05) is 19.4 Å². The minimum Gasteiger partial charge on any atom is -0.870 e. The molecule has 0 aromatic rings. The Balaban J connectivity index is 0. The quantitative estimate of drug-likeness (QED) is 0.272. The van der Waals surface area contributed by atoms with Crippen molar-refractivity contribution in [2.24, 2.45) is 0 Å². The van der Waals surface area contributed by atoms with Crippen molar-refractivity contribution in [2.75, 3.05) is 33.7 Å². The molecule has 0 bridgehead atoms. The van der Waals surface area contributed by atoms with Crippen LogP contribution in [0.2, 0.25) is 0 Å². The van der Waals surface area contributed by atoms with Gasteiger partial charge in [0.1, 0.15) is 0 Å². The molecule has 1 amide bonds. The highest BCUT2D eigenvalue weighted by molar-refractivity contribution is 5.75. The summed E-state index contributed by atoms with van der Waals surface area (Å²) in [5.74, 6) is -0.653. The lowest BCUT2D eigenvalue weighted by molar-refractivity contribution is -0.883. The number of carbonyl (C=O) groups excluding carboxylic acids is 1. The Kier molecular flexibility index (Phi) is 19.0. The van der Waals surface area contributed by atoms with Gasteiger partial charge in [-0.2, -0.15) is 0 Å². The van der Waals surface area contributed by atoms with Gasteiger partial charge in [0.2, 0.25) is 5.91 Å². The van der Waals surface area contributed by atoms with E-state index in [0.717, 1.165) is 25.8 Å². The summed E-state index contributed by atoms with van der Waals surface area (Å²) in [5, 5.41) is 11.8. The standard InChI is InChI=1S/C21H42N2O3.H2O/c1-4-5-6-7-8-9-10-11-12-13-14-16-20(24)22-17-15-18-23(2,3)19-21(25)26;/h4-19H2,1-3H3,(H-,22,24,25,26);1H2. The van der Waals surface area contributed by atoms with Crippen LogP contribution in [0, 0.1) is 0 Å². The van der Waals surface area contributed by atoms with Gasteiger partial charge in [0.15, 0.2) is 6.54 Å². The van der Waals surface area contributed by atoms with Crippen LogP contribution in [-0.4, -0.2) is 60.7 Å². The van der Waals surface area contributed by atoms with Gasteiger partial charge in [-0.25, -0.2) is 4.79 Å². The van der Waals surface area contributed by atoms with Gasteiger partial charge >= 0.3 is 5.97 Å². The Morgan fingerprint density at radius 3 is 1.78 bits per heavy atom. The molecular formula is C21H44N2O4. The predicted molar refractivity (Wildman–Crippen MR) is 110 cm³/mol. The third kappa shape index (κ3) is 21.0. The van der Waals surface area contributed by atoms with Crippen LogP contribution in [-0.2, 0) is 9.59 Å². The van der Waals surface area contributed by atoms with Crippen molar-refractivity contribution < 1.29 is 24.7 Å². The SMILES string of the molecule is CCCCCCCCCCCCCC(=O)NCCC[N+](C)(C)CC(=O)O.[OH-]. The third-order valence-corrected chi connectivity index (χ3v) is 4.83. The van der Waals surface area contributed by atoms with Gasteiger partial charge in [0.25, 0.3) is 0 Å². The number of rotatable bonds is 18. The highest BCUT2D eigenvalue weighted by Crippen LogP contribution is 2.11. The van der Waals surface area contributed by atoms with Crippen LogP contribution < -0.4 is 5.32 Å². The molecule has 0 radical (unpaired) electrons. The summed E-state index contributed by atoms with van der Waals surface area (Å²) in [6.45, 7) is 3.76. The lowest BCUT2D eigenvalue weighted by Gasteiger charge is -2.27. The van der Waals surface area contributed by atoms with Crippen molar-refractivity contribution in [2.45, 2.75) is 90.4 Å². The average Bonchev–Trinajstić information content (AvgIpc) is 2.55. The summed E-state index contributed by atoms with van der Waals surface area (Å²) < 4.78 is 0.448. The molecule has 0 unspecified atom stereocenters. The lowest BCUT2D eigenvalue weighted by Crippen LogP contribution is -2.45. The Morgan fingerprint density at radius 1 is 0.815 bits per heavy atom. The summed E-state index contributed by atoms with van der Waals surface area (Å²) in [7, 11) is 3.81. The zero-order valence-electron chi connectivity index (χ0n) is 18.0. The Bertz CT molecular complexity index is 373. The molecule has 27 heavy (non-hydrogen) atoms. The summed E-state index contributed by atoms with van der Waals surface area (Å²) >= 11 is 0. The second-order valence-electron chi connectivity index (χ2n) is 8.20. The molecule has 6 heteroatoms. The molecule has 0 aromatic heterocycles. The molecule has 0 saturated carbocycles. The van der Waals surface area contributed by atoms with E-state index in [0.29, 0.717) is 17.4 Å². The molecular weight excluding hydrogens is 344 g/mol. The van der Waals surface area contributed by atoms with Gasteiger partial charge in [-0.15, -0.1) is 0 Å². The second-order valence-corrected chi connectivity index (χ2v) is 8.20. The van der Waals surface area contributed by atoms with E-state index >= 15 is 0 Å². The molecule has 0 atom stereocenters. The highest BCUT2D eigenvalue weighted by atomic mass is 16.4. The molecule has 162 valence electrons. The Labute approximate surface area is 166 Å². The summed E-state index contributed by atoms with van der Waals surface area (Å²) in [6, 6.07) is 0. The average molecular weight is 389 g/mol. The van der Waals surface area contributed by atoms with E-state index in [1.54, 1.807) is 0 Å². The van der Waals surface area contributed by atoms with E-state index in [9.17, 15) is 9.59 Å². The number of carbonyl (C=O) groups is 2. The maximum Gasteiger partial charge on any atom is 0.359 e. The van der Waals surface area contributed by atoms with Gasteiger partial charge in [0.05, 0.1) is 20.6 Å². The van der Waals surface area contributed by atoms with Crippen molar-refractivity contribution in [3.8, 4) is 0 Å².